The first-order valence-electron chi connectivity index (χ1n) is 9.99. The van der Waals surface area contributed by atoms with Gasteiger partial charge in [0.05, 0.1) is 30.4 Å². The van der Waals surface area contributed by atoms with Gasteiger partial charge in [-0.25, -0.2) is 17.8 Å². The summed E-state index contributed by atoms with van der Waals surface area (Å²) >= 11 is 0. The molecule has 1 amide bonds. The number of hydrogen-bond acceptors (Lipinski definition) is 6. The smallest absolute Gasteiger partial charge is 0.235 e. The second kappa shape index (κ2) is 9.01. The van der Waals surface area contributed by atoms with Crippen molar-refractivity contribution < 1.29 is 17.6 Å². The van der Waals surface area contributed by atoms with E-state index in [0.717, 1.165) is 0 Å². The standard InChI is InChI=1S/C22H22FN5O3S/c23-18-8-15(9-19-11-27-21(24)12-26-19)7-17(10-18)20-4-2-1-3-16(20)14-32(30,31)28-6-5-25-22(29)13-28/h1-4,7,9-12H,5-6,8,13-14H2,(H2,24,27)(H,25,29)/b15-9+. The Bertz CT molecular complexity index is 1240. The van der Waals surface area contributed by atoms with Crippen LogP contribution < -0.4 is 11.1 Å². The number of sulfonamides is 1. The fraction of sp³-hybridized carbons (Fsp3) is 0.227. The summed E-state index contributed by atoms with van der Waals surface area (Å²) in [6.45, 7) is 0.307. The Hall–Kier alpha value is -3.37. The first-order chi connectivity index (χ1) is 15.3. The number of rotatable bonds is 5. The molecule has 1 saturated heterocycles. The number of carbonyl (C=O) groups is 1. The third kappa shape index (κ3) is 5.09. The van der Waals surface area contributed by atoms with Gasteiger partial charge in [-0.05, 0) is 34.4 Å². The lowest BCUT2D eigenvalue weighted by Gasteiger charge is -2.26. The minimum absolute atomic E-state index is 0.0961. The zero-order chi connectivity index (χ0) is 22.7. The first-order valence-corrected chi connectivity index (χ1v) is 11.6. The number of anilines is 1. The van der Waals surface area contributed by atoms with Crippen molar-refractivity contribution in [2.45, 2.75) is 12.2 Å². The van der Waals surface area contributed by atoms with Crippen molar-refractivity contribution in [2.75, 3.05) is 25.4 Å². The van der Waals surface area contributed by atoms with Crippen molar-refractivity contribution in [1.82, 2.24) is 19.6 Å². The summed E-state index contributed by atoms with van der Waals surface area (Å²) in [7, 11) is -3.72. The molecule has 1 aromatic carbocycles. The van der Waals surface area contributed by atoms with E-state index in [0.29, 0.717) is 33.8 Å². The van der Waals surface area contributed by atoms with Crippen LogP contribution in [0.15, 0.2) is 60.2 Å². The Morgan fingerprint density at radius 1 is 1.19 bits per heavy atom. The predicted octanol–water partition coefficient (Wildman–Crippen LogP) is 2.04. The maximum atomic E-state index is 14.5. The maximum Gasteiger partial charge on any atom is 0.235 e. The molecular weight excluding hydrogens is 433 g/mol. The molecule has 0 atom stereocenters. The van der Waals surface area contributed by atoms with Crippen LogP contribution in [0.5, 0.6) is 0 Å². The first kappa shape index (κ1) is 21.8. The summed E-state index contributed by atoms with van der Waals surface area (Å²) in [6, 6.07) is 6.97. The van der Waals surface area contributed by atoms with Crippen molar-refractivity contribution in [1.29, 1.82) is 0 Å². The maximum absolute atomic E-state index is 14.5. The van der Waals surface area contributed by atoms with Crippen LogP contribution in [0.2, 0.25) is 0 Å². The zero-order valence-electron chi connectivity index (χ0n) is 17.2. The van der Waals surface area contributed by atoms with Gasteiger partial charge in [-0.2, -0.15) is 4.31 Å². The molecule has 0 radical (unpaired) electrons. The molecule has 0 spiro atoms. The highest BCUT2D eigenvalue weighted by Crippen LogP contribution is 2.32. The fourth-order valence-electron chi connectivity index (χ4n) is 3.64. The van der Waals surface area contributed by atoms with Gasteiger partial charge in [-0.3, -0.25) is 9.78 Å². The third-order valence-electron chi connectivity index (χ3n) is 5.11. The van der Waals surface area contributed by atoms with Crippen molar-refractivity contribution in [3.8, 4) is 0 Å². The number of nitrogens with zero attached hydrogens (tertiary/aromatic N) is 3. The Morgan fingerprint density at radius 2 is 2.00 bits per heavy atom. The average molecular weight is 456 g/mol. The van der Waals surface area contributed by atoms with Crippen LogP contribution in [-0.2, 0) is 20.6 Å². The number of piperazine rings is 1. The highest BCUT2D eigenvalue weighted by molar-refractivity contribution is 7.88. The van der Waals surface area contributed by atoms with E-state index in [1.165, 1.54) is 22.8 Å². The molecule has 32 heavy (non-hydrogen) atoms. The molecule has 166 valence electrons. The van der Waals surface area contributed by atoms with Crippen LogP contribution in [0, 0.1) is 0 Å². The number of carbonyl (C=O) groups excluding carboxylic acids is 1. The summed E-state index contributed by atoms with van der Waals surface area (Å²) in [5.74, 6) is -0.665. The number of allylic oxidation sites excluding steroid dienone is 5. The van der Waals surface area contributed by atoms with E-state index in [1.54, 1.807) is 36.4 Å². The van der Waals surface area contributed by atoms with Crippen molar-refractivity contribution in [3.05, 3.63) is 77.0 Å². The number of nitrogens with one attached hydrogen (secondary N) is 1. The van der Waals surface area contributed by atoms with E-state index in [1.807, 2.05) is 0 Å². The molecule has 8 nitrogen and oxygen atoms in total. The molecule has 1 fully saturated rings. The fourth-order valence-corrected chi connectivity index (χ4v) is 5.15. The van der Waals surface area contributed by atoms with Gasteiger partial charge in [0, 0.05) is 19.5 Å². The summed E-state index contributed by atoms with van der Waals surface area (Å²) in [6.07, 6.45) is 7.95. The third-order valence-corrected chi connectivity index (χ3v) is 6.89. The Morgan fingerprint density at radius 3 is 2.75 bits per heavy atom. The van der Waals surface area contributed by atoms with E-state index in [4.69, 9.17) is 5.73 Å². The Labute approximate surface area is 185 Å². The van der Waals surface area contributed by atoms with Gasteiger partial charge in [0.1, 0.15) is 11.6 Å². The van der Waals surface area contributed by atoms with E-state index < -0.39 is 10.0 Å². The number of hydrogen-bond donors (Lipinski definition) is 2. The van der Waals surface area contributed by atoms with E-state index in [9.17, 15) is 17.6 Å². The van der Waals surface area contributed by atoms with Crippen molar-refractivity contribution in [3.63, 3.8) is 0 Å². The second-order valence-electron chi connectivity index (χ2n) is 7.55. The lowest BCUT2D eigenvalue weighted by molar-refractivity contribution is -0.122. The topological polar surface area (TPSA) is 118 Å². The number of halogens is 1. The number of aromatic nitrogens is 2. The van der Waals surface area contributed by atoms with Gasteiger partial charge in [-0.1, -0.05) is 30.3 Å². The summed E-state index contributed by atoms with van der Waals surface area (Å²) in [4.78, 5) is 19.8. The monoisotopic (exact) mass is 455 g/mol. The van der Waals surface area contributed by atoms with Gasteiger partial charge >= 0.3 is 0 Å². The highest BCUT2D eigenvalue weighted by Gasteiger charge is 2.28. The quantitative estimate of drug-likeness (QED) is 0.712. The van der Waals surface area contributed by atoms with Crippen LogP contribution in [-0.4, -0.2) is 48.2 Å². The van der Waals surface area contributed by atoms with Gasteiger partial charge in [0.2, 0.25) is 15.9 Å². The lowest BCUT2D eigenvalue weighted by atomic mass is 9.92. The van der Waals surface area contributed by atoms with Crippen LogP contribution >= 0.6 is 0 Å². The normalized spacial score (nSPS) is 18.8. The summed E-state index contributed by atoms with van der Waals surface area (Å²) < 4.78 is 41.5. The largest absolute Gasteiger partial charge is 0.382 e. The average Bonchev–Trinajstić information content (AvgIpc) is 2.75. The van der Waals surface area contributed by atoms with E-state index in [2.05, 4.69) is 15.3 Å². The van der Waals surface area contributed by atoms with Crippen molar-refractivity contribution in [2.24, 2.45) is 0 Å². The lowest BCUT2D eigenvalue weighted by Crippen LogP contribution is -2.50. The minimum Gasteiger partial charge on any atom is -0.382 e. The molecule has 2 aromatic rings. The van der Waals surface area contributed by atoms with Crippen molar-refractivity contribution >= 4 is 33.4 Å². The molecule has 2 heterocycles. The molecule has 1 aliphatic carbocycles. The van der Waals surface area contributed by atoms with Crippen LogP contribution in [0.3, 0.4) is 0 Å². The summed E-state index contributed by atoms with van der Waals surface area (Å²) in [5.41, 5.74) is 8.47. The highest BCUT2D eigenvalue weighted by atomic mass is 32.2. The molecule has 2 aliphatic rings. The number of nitrogen functional groups attached to an aromatic ring is 1. The van der Waals surface area contributed by atoms with Gasteiger partial charge < -0.3 is 11.1 Å². The number of benzene rings is 1. The molecule has 1 aromatic heterocycles. The molecule has 0 bridgehead atoms. The Balaban J connectivity index is 1.65. The summed E-state index contributed by atoms with van der Waals surface area (Å²) in [5, 5.41) is 2.62. The molecule has 0 unspecified atom stereocenters. The number of nitrogens with two attached hydrogens (primary N) is 1. The van der Waals surface area contributed by atoms with Crippen LogP contribution in [0.4, 0.5) is 10.2 Å². The van der Waals surface area contributed by atoms with E-state index in [-0.39, 0.29) is 43.5 Å². The predicted molar refractivity (Wildman–Crippen MR) is 120 cm³/mol. The van der Waals surface area contributed by atoms with Gasteiger partial charge in [0.25, 0.3) is 0 Å². The van der Waals surface area contributed by atoms with Crippen LogP contribution in [0.1, 0.15) is 23.2 Å². The molecule has 10 heteroatoms. The second-order valence-corrected chi connectivity index (χ2v) is 9.52. The molecule has 0 saturated carbocycles. The molecule has 1 aliphatic heterocycles. The molecular formula is C22H22FN5O3S. The van der Waals surface area contributed by atoms with Gasteiger partial charge in [-0.15, -0.1) is 0 Å². The molecule has 4 rings (SSSR count). The van der Waals surface area contributed by atoms with Gasteiger partial charge in [0.15, 0.2) is 0 Å². The van der Waals surface area contributed by atoms with E-state index >= 15 is 0 Å². The SMILES string of the molecule is Nc1cnc(/C=C2\C=C(c3ccccc3CS(=O)(=O)N3CCNC(=O)C3)C=C(F)C2)cn1. The number of amides is 1. The zero-order valence-corrected chi connectivity index (χ0v) is 18.0. The van der Waals surface area contributed by atoms with Crippen LogP contribution in [0.25, 0.3) is 11.6 Å². The molecule has 3 N–H and O–H groups in total. The minimum atomic E-state index is -3.72. The Kier molecular flexibility index (Phi) is 6.15.